The molecule has 2 heterocycles. The van der Waals surface area contributed by atoms with Gasteiger partial charge in [0.1, 0.15) is 5.60 Å². The highest BCUT2D eigenvalue weighted by Crippen LogP contribution is 2.65. The van der Waals surface area contributed by atoms with Crippen molar-refractivity contribution in [1.29, 1.82) is 0 Å². The fraction of sp³-hybridized carbons (Fsp3) is 0.909. The Morgan fingerprint density at radius 1 is 1.23 bits per heavy atom. The molecule has 2 heteroatoms. The maximum atomic E-state index is 11.6. The summed E-state index contributed by atoms with van der Waals surface area (Å²) in [4.78, 5) is 11.6. The molecule has 0 aromatic carbocycles. The second kappa shape index (κ2) is 1.79. The standard InChI is InChI=1S/C11H14O2/c12-10-7-1-6-2-8-5-11(4-6,13-10)9(8)3-7/h6-9H,1-5H2. The molecule has 13 heavy (non-hydrogen) atoms. The normalized spacial score (nSPS) is 61.4. The number of esters is 1. The summed E-state index contributed by atoms with van der Waals surface area (Å²) in [7, 11) is 0. The lowest BCUT2D eigenvalue weighted by atomic mass is 9.51. The number of fused-ring (bicyclic) bond motifs is 1. The van der Waals surface area contributed by atoms with Crippen molar-refractivity contribution in [2.75, 3.05) is 0 Å². The zero-order chi connectivity index (χ0) is 8.63. The number of carbonyl (C=O) groups is 1. The summed E-state index contributed by atoms with van der Waals surface area (Å²) in [6.45, 7) is 0. The quantitative estimate of drug-likeness (QED) is 0.528. The van der Waals surface area contributed by atoms with E-state index in [2.05, 4.69) is 0 Å². The molecule has 0 amide bonds. The second-order valence-corrected chi connectivity index (χ2v) is 5.53. The Hall–Kier alpha value is -0.530. The van der Waals surface area contributed by atoms with Gasteiger partial charge in [0, 0.05) is 5.92 Å². The lowest BCUT2D eigenvalue weighted by Crippen LogP contribution is -2.62. The van der Waals surface area contributed by atoms with E-state index in [9.17, 15) is 4.79 Å². The predicted octanol–water partition coefficient (Wildman–Crippen LogP) is 1.74. The van der Waals surface area contributed by atoms with Crippen molar-refractivity contribution < 1.29 is 9.53 Å². The maximum absolute atomic E-state index is 11.6. The Bertz CT molecular complexity index is 298. The van der Waals surface area contributed by atoms with E-state index in [4.69, 9.17) is 4.74 Å². The predicted molar refractivity (Wildman–Crippen MR) is 45.9 cm³/mol. The van der Waals surface area contributed by atoms with E-state index in [1.54, 1.807) is 0 Å². The van der Waals surface area contributed by atoms with Gasteiger partial charge in [0.15, 0.2) is 0 Å². The van der Waals surface area contributed by atoms with Gasteiger partial charge in [-0.05, 0) is 43.9 Å². The summed E-state index contributed by atoms with van der Waals surface area (Å²) in [6, 6.07) is 0. The number of hydrogen-bond acceptors (Lipinski definition) is 2. The number of ether oxygens (including phenoxy) is 1. The first-order valence-electron chi connectivity index (χ1n) is 5.50. The average Bonchev–Trinajstić information content (AvgIpc) is 2.32. The van der Waals surface area contributed by atoms with Crippen molar-refractivity contribution >= 4 is 5.97 Å². The SMILES string of the molecule is O=C1OC23CC4CC1CC2C(C4)C3. The van der Waals surface area contributed by atoms with Crippen LogP contribution in [0.5, 0.6) is 0 Å². The first kappa shape index (κ1) is 6.86. The molecule has 4 aliphatic carbocycles. The summed E-state index contributed by atoms with van der Waals surface area (Å²) >= 11 is 0. The van der Waals surface area contributed by atoms with Gasteiger partial charge in [-0.2, -0.15) is 0 Å². The molecule has 6 fully saturated rings. The molecular formula is C11H14O2. The smallest absolute Gasteiger partial charge is 0.309 e. The van der Waals surface area contributed by atoms with Gasteiger partial charge in [-0.25, -0.2) is 0 Å². The first-order chi connectivity index (χ1) is 6.27. The lowest BCUT2D eigenvalue weighted by Gasteiger charge is -2.60. The van der Waals surface area contributed by atoms with Crippen LogP contribution in [0.2, 0.25) is 0 Å². The number of carbonyl (C=O) groups excluding carboxylic acids is 1. The summed E-state index contributed by atoms with van der Waals surface area (Å²) in [6.07, 6.45) is 6.05. The van der Waals surface area contributed by atoms with Crippen LogP contribution >= 0.6 is 0 Å². The highest BCUT2D eigenvalue weighted by molar-refractivity contribution is 5.75. The van der Waals surface area contributed by atoms with E-state index < -0.39 is 0 Å². The molecule has 5 atom stereocenters. The third-order valence-electron chi connectivity index (χ3n) is 4.92. The first-order valence-corrected chi connectivity index (χ1v) is 5.50. The molecule has 0 aromatic rings. The third-order valence-corrected chi connectivity index (χ3v) is 4.92. The van der Waals surface area contributed by atoms with Gasteiger partial charge in [-0.15, -0.1) is 0 Å². The Kier molecular flexibility index (Phi) is 0.946. The van der Waals surface area contributed by atoms with Crippen molar-refractivity contribution in [2.45, 2.75) is 37.7 Å². The Balaban J connectivity index is 1.86. The minimum atomic E-state index is 0.0532. The average molecular weight is 178 g/mol. The van der Waals surface area contributed by atoms with E-state index in [0.717, 1.165) is 30.6 Å². The second-order valence-electron chi connectivity index (χ2n) is 5.53. The zero-order valence-corrected chi connectivity index (χ0v) is 7.66. The largest absolute Gasteiger partial charge is 0.459 e. The highest BCUT2D eigenvalue weighted by atomic mass is 16.6. The molecule has 1 spiro atoms. The fourth-order valence-electron chi connectivity index (χ4n) is 4.52. The van der Waals surface area contributed by atoms with Crippen molar-refractivity contribution in [3.05, 3.63) is 0 Å². The summed E-state index contributed by atoms with van der Waals surface area (Å²) in [5.41, 5.74) is 0.0532. The molecule has 6 rings (SSSR count). The van der Waals surface area contributed by atoms with Crippen LogP contribution in [0, 0.1) is 23.7 Å². The third kappa shape index (κ3) is 0.628. The van der Waals surface area contributed by atoms with Crippen LogP contribution in [0.1, 0.15) is 32.1 Å². The molecule has 0 aromatic heterocycles. The summed E-state index contributed by atoms with van der Waals surface area (Å²) in [5.74, 6) is 2.88. The highest BCUT2D eigenvalue weighted by Gasteiger charge is 2.66. The van der Waals surface area contributed by atoms with Gasteiger partial charge in [0.2, 0.25) is 0 Å². The van der Waals surface area contributed by atoms with Crippen molar-refractivity contribution in [3.8, 4) is 0 Å². The van der Waals surface area contributed by atoms with Crippen molar-refractivity contribution in [3.63, 3.8) is 0 Å². The molecule has 0 N–H and O–H groups in total. The minimum absolute atomic E-state index is 0.0532. The van der Waals surface area contributed by atoms with Gasteiger partial charge in [0.25, 0.3) is 0 Å². The van der Waals surface area contributed by atoms with Crippen LogP contribution in [0.3, 0.4) is 0 Å². The number of hydrogen-bond donors (Lipinski definition) is 0. The number of rotatable bonds is 0. The van der Waals surface area contributed by atoms with Crippen LogP contribution in [0.4, 0.5) is 0 Å². The molecule has 6 aliphatic rings. The molecular weight excluding hydrogens is 164 g/mol. The zero-order valence-electron chi connectivity index (χ0n) is 7.66. The topological polar surface area (TPSA) is 26.3 Å². The Morgan fingerprint density at radius 3 is 3.08 bits per heavy atom. The van der Waals surface area contributed by atoms with E-state index in [1.807, 2.05) is 0 Å². The van der Waals surface area contributed by atoms with Gasteiger partial charge >= 0.3 is 5.97 Å². The van der Waals surface area contributed by atoms with Gasteiger partial charge in [-0.1, -0.05) is 0 Å². The molecule has 5 bridgehead atoms. The minimum Gasteiger partial charge on any atom is -0.459 e. The molecule has 4 saturated carbocycles. The van der Waals surface area contributed by atoms with E-state index in [-0.39, 0.29) is 17.5 Å². The molecule has 2 saturated heterocycles. The van der Waals surface area contributed by atoms with E-state index >= 15 is 0 Å². The molecule has 70 valence electrons. The van der Waals surface area contributed by atoms with Crippen molar-refractivity contribution in [2.24, 2.45) is 23.7 Å². The van der Waals surface area contributed by atoms with E-state index in [1.165, 1.54) is 19.3 Å². The summed E-state index contributed by atoms with van der Waals surface area (Å²) in [5, 5.41) is 0. The van der Waals surface area contributed by atoms with Crippen LogP contribution in [0.25, 0.3) is 0 Å². The lowest BCUT2D eigenvalue weighted by molar-refractivity contribution is -0.230. The maximum Gasteiger partial charge on any atom is 0.309 e. The fourth-order valence-corrected chi connectivity index (χ4v) is 4.52. The molecule has 5 unspecified atom stereocenters. The van der Waals surface area contributed by atoms with Crippen molar-refractivity contribution in [1.82, 2.24) is 0 Å². The van der Waals surface area contributed by atoms with Crippen LogP contribution < -0.4 is 0 Å². The van der Waals surface area contributed by atoms with Gasteiger partial charge in [0.05, 0.1) is 5.92 Å². The Morgan fingerprint density at radius 2 is 2.15 bits per heavy atom. The molecule has 2 nitrogen and oxygen atoms in total. The van der Waals surface area contributed by atoms with E-state index in [0.29, 0.717) is 0 Å². The van der Waals surface area contributed by atoms with Crippen LogP contribution in [-0.4, -0.2) is 11.6 Å². The molecule has 0 radical (unpaired) electrons. The van der Waals surface area contributed by atoms with Gasteiger partial charge < -0.3 is 4.74 Å². The van der Waals surface area contributed by atoms with Crippen LogP contribution in [0.15, 0.2) is 0 Å². The molecule has 2 aliphatic heterocycles. The summed E-state index contributed by atoms with van der Waals surface area (Å²) < 4.78 is 5.66. The monoisotopic (exact) mass is 178 g/mol. The van der Waals surface area contributed by atoms with Gasteiger partial charge in [-0.3, -0.25) is 4.79 Å². The Labute approximate surface area is 77.6 Å². The van der Waals surface area contributed by atoms with Crippen LogP contribution in [-0.2, 0) is 9.53 Å².